The molecule has 0 aliphatic carbocycles. The standard InChI is InChI=1S/C26H25N3P2/c1-22-27-30(23-14-6-2-7-15-23,24-16-8-3-9-17-24)29-31(28-22,25-18-10-4-11-19-25)26-20-12-5-13-21-26/h2-21,29H,1H3,(H,27,28)/q+2. The molecule has 0 bridgehead atoms. The van der Waals surface area contributed by atoms with Crippen molar-refractivity contribution in [1.82, 2.24) is 9.95 Å². The lowest BCUT2D eigenvalue weighted by Gasteiger charge is -2.35. The summed E-state index contributed by atoms with van der Waals surface area (Å²) >= 11 is 0. The zero-order chi connectivity index (χ0) is 21.2. The molecule has 0 fully saturated rings. The lowest BCUT2D eigenvalue weighted by Crippen LogP contribution is -2.50. The van der Waals surface area contributed by atoms with Crippen LogP contribution >= 0.6 is 15.1 Å². The summed E-state index contributed by atoms with van der Waals surface area (Å²) in [6.07, 6.45) is 0. The Labute approximate surface area is 185 Å². The molecule has 0 saturated carbocycles. The van der Waals surface area contributed by atoms with Gasteiger partial charge in [0.15, 0.2) is 5.84 Å². The molecule has 0 spiro atoms. The molecule has 2 N–H and O–H groups in total. The Kier molecular flexibility index (Phi) is 5.42. The van der Waals surface area contributed by atoms with Crippen LogP contribution in [0.3, 0.4) is 0 Å². The number of rotatable bonds is 4. The van der Waals surface area contributed by atoms with E-state index in [0.717, 1.165) is 5.84 Å². The van der Waals surface area contributed by atoms with Gasteiger partial charge in [-0.1, -0.05) is 77.6 Å². The molecule has 1 aliphatic rings. The maximum Gasteiger partial charge on any atom is 0.304 e. The zero-order valence-corrected chi connectivity index (χ0v) is 19.2. The highest BCUT2D eigenvalue weighted by atomic mass is 31.3. The van der Waals surface area contributed by atoms with Gasteiger partial charge in [-0.15, -0.1) is 0 Å². The minimum absolute atomic E-state index is 0.973. The van der Waals surface area contributed by atoms with Crippen LogP contribution in [-0.4, -0.2) is 5.84 Å². The molecule has 31 heavy (non-hydrogen) atoms. The van der Waals surface area contributed by atoms with Crippen LogP contribution in [0, 0.1) is 0 Å². The minimum Gasteiger partial charge on any atom is -0.215 e. The maximum absolute atomic E-state index is 5.33. The van der Waals surface area contributed by atoms with Crippen molar-refractivity contribution in [3.8, 4) is 0 Å². The highest BCUT2D eigenvalue weighted by Crippen LogP contribution is 2.67. The van der Waals surface area contributed by atoms with E-state index in [0.29, 0.717) is 0 Å². The Balaban J connectivity index is 1.81. The number of hydrogen-bond donors (Lipinski definition) is 2. The van der Waals surface area contributed by atoms with Gasteiger partial charge in [0, 0.05) is 6.92 Å². The van der Waals surface area contributed by atoms with Crippen molar-refractivity contribution >= 4 is 42.2 Å². The number of nitrogens with one attached hydrogen (secondary N) is 2. The van der Waals surface area contributed by atoms with Crippen molar-refractivity contribution in [2.24, 2.45) is 4.76 Å². The zero-order valence-electron chi connectivity index (χ0n) is 17.4. The molecule has 4 aromatic rings. The lowest BCUT2D eigenvalue weighted by atomic mass is 10.4. The van der Waals surface area contributed by atoms with Gasteiger partial charge in [-0.3, -0.25) is 0 Å². The molecule has 0 amide bonds. The summed E-state index contributed by atoms with van der Waals surface area (Å²) in [5.74, 6) is 0.973. The first-order valence-corrected chi connectivity index (χ1v) is 13.9. The number of benzene rings is 4. The van der Waals surface area contributed by atoms with Gasteiger partial charge in [-0.05, 0) is 53.4 Å². The number of nitrogens with zero attached hydrogens (tertiary/aromatic N) is 1. The predicted molar refractivity (Wildman–Crippen MR) is 138 cm³/mol. The second kappa shape index (κ2) is 8.36. The van der Waals surface area contributed by atoms with E-state index in [4.69, 9.17) is 4.76 Å². The minimum atomic E-state index is -2.28. The van der Waals surface area contributed by atoms with E-state index < -0.39 is 15.1 Å². The Morgan fingerprint density at radius 2 is 0.871 bits per heavy atom. The SMILES string of the molecule is CC1=N[P+](c2ccccc2)(c2ccccc2)N[P+](c2ccccc2)(c2ccccc2)N1. The molecular formula is C26H25N3P2+2. The van der Waals surface area contributed by atoms with Crippen molar-refractivity contribution in [2.45, 2.75) is 6.92 Å². The maximum atomic E-state index is 5.33. The molecule has 5 heteroatoms. The lowest BCUT2D eigenvalue weighted by molar-refractivity contribution is 1.30. The third-order valence-corrected chi connectivity index (χ3v) is 13.3. The Bertz CT molecular complexity index is 1100. The van der Waals surface area contributed by atoms with Gasteiger partial charge in [0.2, 0.25) is 0 Å². The van der Waals surface area contributed by atoms with Crippen molar-refractivity contribution < 1.29 is 0 Å². The summed E-state index contributed by atoms with van der Waals surface area (Å²) in [5.41, 5.74) is 0. The van der Waals surface area contributed by atoms with E-state index in [9.17, 15) is 0 Å². The third kappa shape index (κ3) is 3.60. The third-order valence-electron chi connectivity index (χ3n) is 5.47. The molecular weight excluding hydrogens is 416 g/mol. The van der Waals surface area contributed by atoms with Crippen molar-refractivity contribution in [3.05, 3.63) is 121 Å². The Morgan fingerprint density at radius 3 is 1.26 bits per heavy atom. The average Bonchev–Trinajstić information content (AvgIpc) is 2.86. The van der Waals surface area contributed by atoms with Gasteiger partial charge < -0.3 is 0 Å². The number of amidine groups is 1. The quantitative estimate of drug-likeness (QED) is 0.455. The molecule has 5 rings (SSSR count). The second-order valence-electron chi connectivity index (χ2n) is 7.55. The molecule has 4 aromatic carbocycles. The summed E-state index contributed by atoms with van der Waals surface area (Å²) in [7, 11) is -4.46. The van der Waals surface area contributed by atoms with Crippen LogP contribution < -0.4 is 31.2 Å². The molecule has 152 valence electrons. The van der Waals surface area contributed by atoms with E-state index in [-0.39, 0.29) is 0 Å². The van der Waals surface area contributed by atoms with Gasteiger partial charge in [0.05, 0.1) is 0 Å². The summed E-state index contributed by atoms with van der Waals surface area (Å²) < 4.78 is 5.33. The summed E-state index contributed by atoms with van der Waals surface area (Å²) in [4.78, 5) is 4.20. The van der Waals surface area contributed by atoms with Gasteiger partial charge in [0.25, 0.3) is 7.56 Å². The summed E-state index contributed by atoms with van der Waals surface area (Å²) in [5, 5.41) is 8.84. The molecule has 0 radical (unpaired) electrons. The van der Waals surface area contributed by atoms with Crippen LogP contribution in [0.15, 0.2) is 126 Å². The smallest absolute Gasteiger partial charge is 0.215 e. The first kappa shape index (κ1) is 20.1. The van der Waals surface area contributed by atoms with Crippen LogP contribution in [0.4, 0.5) is 0 Å². The van der Waals surface area contributed by atoms with Gasteiger partial charge in [-0.25, -0.2) is 5.09 Å². The molecule has 1 heterocycles. The first-order chi connectivity index (χ1) is 15.2. The Morgan fingerprint density at radius 1 is 0.516 bits per heavy atom. The predicted octanol–water partition coefficient (Wildman–Crippen LogP) is 4.59. The van der Waals surface area contributed by atoms with Gasteiger partial charge >= 0.3 is 7.56 Å². The van der Waals surface area contributed by atoms with Gasteiger partial charge in [-0.2, -0.15) is 0 Å². The van der Waals surface area contributed by atoms with Crippen LogP contribution in [0.2, 0.25) is 0 Å². The topological polar surface area (TPSA) is 36.4 Å². The van der Waals surface area contributed by atoms with E-state index >= 15 is 0 Å². The van der Waals surface area contributed by atoms with Crippen molar-refractivity contribution in [1.29, 1.82) is 0 Å². The fourth-order valence-electron chi connectivity index (χ4n) is 4.12. The largest absolute Gasteiger partial charge is 0.304 e. The van der Waals surface area contributed by atoms with E-state index in [1.54, 1.807) is 0 Å². The summed E-state index contributed by atoms with van der Waals surface area (Å²) in [6, 6.07) is 43.0. The molecule has 3 nitrogen and oxygen atoms in total. The molecule has 0 atom stereocenters. The first-order valence-electron chi connectivity index (χ1n) is 10.4. The second-order valence-corrected chi connectivity index (χ2v) is 13.4. The van der Waals surface area contributed by atoms with Gasteiger partial charge in [0.1, 0.15) is 21.2 Å². The summed E-state index contributed by atoms with van der Waals surface area (Å²) in [6.45, 7) is 2.10. The molecule has 0 unspecified atom stereocenters. The van der Waals surface area contributed by atoms with Crippen LogP contribution in [0.25, 0.3) is 0 Å². The van der Waals surface area contributed by atoms with Crippen LogP contribution in [-0.2, 0) is 0 Å². The Hall–Kier alpha value is -2.83. The molecule has 1 aliphatic heterocycles. The van der Waals surface area contributed by atoms with E-state index in [1.165, 1.54) is 21.2 Å². The molecule has 0 aromatic heterocycles. The van der Waals surface area contributed by atoms with Crippen LogP contribution in [0.1, 0.15) is 6.92 Å². The van der Waals surface area contributed by atoms with Crippen molar-refractivity contribution in [3.63, 3.8) is 0 Å². The fourth-order valence-corrected chi connectivity index (χ4v) is 12.7. The van der Waals surface area contributed by atoms with Crippen LogP contribution in [0.5, 0.6) is 0 Å². The monoisotopic (exact) mass is 441 g/mol. The highest BCUT2D eigenvalue weighted by molar-refractivity contribution is 8.01. The molecule has 0 saturated heterocycles. The highest BCUT2D eigenvalue weighted by Gasteiger charge is 2.62. The van der Waals surface area contributed by atoms with Crippen molar-refractivity contribution in [2.75, 3.05) is 0 Å². The number of hydrogen-bond acceptors (Lipinski definition) is 3. The normalized spacial score (nSPS) is 16.7. The fraction of sp³-hybridized carbons (Fsp3) is 0.0385. The average molecular weight is 441 g/mol. The van der Waals surface area contributed by atoms with E-state index in [1.807, 2.05) is 0 Å². The van der Waals surface area contributed by atoms with E-state index in [2.05, 4.69) is 138 Å².